The molecule has 0 unspecified atom stereocenters. The maximum atomic E-state index is 12.1. The van der Waals surface area contributed by atoms with Gasteiger partial charge in [-0.25, -0.2) is 0 Å². The first-order chi connectivity index (χ1) is 21.1. The van der Waals surface area contributed by atoms with Gasteiger partial charge in [0.25, 0.3) is 0 Å². The molecule has 0 saturated carbocycles. The summed E-state index contributed by atoms with van der Waals surface area (Å²) in [5.74, 6) is -0.384. The van der Waals surface area contributed by atoms with Gasteiger partial charge >= 0.3 is 11.9 Å². The van der Waals surface area contributed by atoms with Gasteiger partial charge in [0.15, 0.2) is 0 Å². The molecule has 4 heteroatoms. The molecule has 0 N–H and O–H groups in total. The lowest BCUT2D eigenvalue weighted by Crippen LogP contribution is -2.22. The molecule has 0 bridgehead atoms. The summed E-state index contributed by atoms with van der Waals surface area (Å²) in [6.45, 7) is 6.42. The number of hydrogen-bond acceptors (Lipinski definition) is 4. The Morgan fingerprint density at radius 2 is 0.860 bits per heavy atom. The van der Waals surface area contributed by atoms with E-state index < -0.39 is 0 Å². The molecule has 0 aromatic carbocycles. The smallest absolute Gasteiger partial charge is 0.306 e. The van der Waals surface area contributed by atoms with Crippen LogP contribution in [-0.2, 0) is 19.1 Å². The van der Waals surface area contributed by atoms with Crippen LogP contribution in [-0.4, -0.2) is 24.6 Å². The first-order valence-corrected chi connectivity index (χ1v) is 18.0. The van der Waals surface area contributed by atoms with E-state index in [2.05, 4.69) is 62.5 Å². The fourth-order valence-electron chi connectivity index (χ4n) is 4.76. The van der Waals surface area contributed by atoms with E-state index in [0.717, 1.165) is 64.2 Å². The van der Waals surface area contributed by atoms with Crippen molar-refractivity contribution in [3.05, 3.63) is 48.6 Å². The Labute approximate surface area is 266 Å². The Hall–Kier alpha value is -2.10. The molecule has 0 aromatic heterocycles. The van der Waals surface area contributed by atoms with E-state index in [9.17, 15) is 9.59 Å². The van der Waals surface area contributed by atoms with Gasteiger partial charge in [0.1, 0.15) is 12.7 Å². The van der Waals surface area contributed by atoms with Gasteiger partial charge < -0.3 is 9.47 Å². The Morgan fingerprint density at radius 3 is 1.30 bits per heavy atom. The van der Waals surface area contributed by atoms with Crippen LogP contribution in [0.5, 0.6) is 0 Å². The summed E-state index contributed by atoms with van der Waals surface area (Å²) in [5, 5.41) is 0. The number of ether oxygens (including phenoxy) is 2. The zero-order valence-corrected chi connectivity index (χ0v) is 28.5. The molecule has 43 heavy (non-hydrogen) atoms. The zero-order chi connectivity index (χ0) is 31.5. The second-order valence-electron chi connectivity index (χ2n) is 11.9. The Kier molecular flexibility index (Phi) is 32.7. The molecular formula is C39H68O4. The van der Waals surface area contributed by atoms with Gasteiger partial charge in [-0.1, -0.05) is 127 Å². The normalized spacial score (nSPS) is 12.7. The average Bonchev–Trinajstić information content (AvgIpc) is 3.00. The number of allylic oxidation sites excluding steroid dienone is 8. The monoisotopic (exact) mass is 601 g/mol. The number of carbonyl (C=O) groups is 2. The molecule has 0 aliphatic heterocycles. The van der Waals surface area contributed by atoms with Crippen molar-refractivity contribution in [2.75, 3.05) is 6.61 Å². The predicted octanol–water partition coefficient (Wildman–Crippen LogP) is 12.1. The maximum absolute atomic E-state index is 12.1. The molecule has 0 heterocycles. The first-order valence-electron chi connectivity index (χ1n) is 18.0. The molecule has 0 aliphatic carbocycles. The molecule has 0 saturated heterocycles. The summed E-state index contributed by atoms with van der Waals surface area (Å²) in [6.07, 6.45) is 44.3. The molecular weight excluding hydrogens is 532 g/mol. The van der Waals surface area contributed by atoms with E-state index in [1.165, 1.54) is 77.0 Å². The van der Waals surface area contributed by atoms with Crippen LogP contribution in [0.15, 0.2) is 48.6 Å². The second-order valence-corrected chi connectivity index (χ2v) is 11.9. The summed E-state index contributed by atoms with van der Waals surface area (Å²) in [4.78, 5) is 24.1. The van der Waals surface area contributed by atoms with Gasteiger partial charge in [0.05, 0.1) is 0 Å². The SMILES string of the molecule is CCCCC/C=C\C/C=C\CCCCCCCC(=O)OC[C@H](C)OC(=O)CCCCCCC/C=C\C/C=C\CCCCC. The number of carbonyl (C=O) groups excluding carboxylic acids is 2. The van der Waals surface area contributed by atoms with E-state index >= 15 is 0 Å². The summed E-state index contributed by atoms with van der Waals surface area (Å²) >= 11 is 0. The van der Waals surface area contributed by atoms with Crippen LogP contribution >= 0.6 is 0 Å². The molecule has 0 rings (SSSR count). The third-order valence-corrected chi connectivity index (χ3v) is 7.47. The van der Waals surface area contributed by atoms with Crippen molar-refractivity contribution in [1.29, 1.82) is 0 Å². The standard InChI is InChI=1S/C39H68O4/c1-4-6-8-10-12-14-16-18-20-22-24-26-28-30-32-34-38(40)42-36-37(3)43-39(41)35-33-31-29-27-25-23-21-19-17-15-13-11-9-7-5-2/h12-15,18-21,37H,4-11,16-17,22-36H2,1-3H3/b14-12-,15-13-,20-18-,21-19-/t37-/m0/s1. The van der Waals surface area contributed by atoms with Gasteiger partial charge in [-0.2, -0.15) is 0 Å². The van der Waals surface area contributed by atoms with Crippen LogP contribution in [0.2, 0.25) is 0 Å². The van der Waals surface area contributed by atoms with Gasteiger partial charge in [-0.05, 0) is 84.0 Å². The number of hydrogen-bond donors (Lipinski definition) is 0. The third kappa shape index (κ3) is 34.3. The lowest BCUT2D eigenvalue weighted by Gasteiger charge is -2.13. The number of esters is 2. The van der Waals surface area contributed by atoms with E-state index in [1.807, 2.05) is 0 Å². The van der Waals surface area contributed by atoms with Crippen LogP contribution < -0.4 is 0 Å². The lowest BCUT2D eigenvalue weighted by atomic mass is 10.1. The summed E-state index contributed by atoms with van der Waals surface area (Å²) < 4.78 is 10.7. The highest BCUT2D eigenvalue weighted by Gasteiger charge is 2.12. The first kappa shape index (κ1) is 40.9. The Bertz CT molecular complexity index is 734. The summed E-state index contributed by atoms with van der Waals surface area (Å²) in [5.41, 5.74) is 0. The minimum absolute atomic E-state index is 0.146. The van der Waals surface area contributed by atoms with Crippen molar-refractivity contribution in [3.8, 4) is 0 Å². The largest absolute Gasteiger partial charge is 0.462 e. The van der Waals surface area contributed by atoms with E-state index in [-0.39, 0.29) is 24.6 Å². The lowest BCUT2D eigenvalue weighted by molar-refractivity contribution is -0.158. The molecule has 0 amide bonds. The van der Waals surface area contributed by atoms with Crippen molar-refractivity contribution in [3.63, 3.8) is 0 Å². The van der Waals surface area contributed by atoms with Gasteiger partial charge in [0.2, 0.25) is 0 Å². The molecule has 0 aromatic rings. The molecule has 1 atom stereocenters. The van der Waals surface area contributed by atoms with Gasteiger partial charge in [0, 0.05) is 12.8 Å². The van der Waals surface area contributed by atoms with Gasteiger partial charge in [-0.3, -0.25) is 9.59 Å². The van der Waals surface area contributed by atoms with E-state index in [4.69, 9.17) is 9.47 Å². The highest BCUT2D eigenvalue weighted by molar-refractivity contribution is 5.70. The van der Waals surface area contributed by atoms with Crippen molar-refractivity contribution >= 4 is 11.9 Å². The minimum atomic E-state index is -0.390. The van der Waals surface area contributed by atoms with Crippen molar-refractivity contribution in [1.82, 2.24) is 0 Å². The molecule has 0 radical (unpaired) electrons. The molecule has 4 nitrogen and oxygen atoms in total. The quantitative estimate of drug-likeness (QED) is 0.0451. The van der Waals surface area contributed by atoms with Crippen molar-refractivity contribution < 1.29 is 19.1 Å². The average molecular weight is 601 g/mol. The molecule has 248 valence electrons. The number of unbranched alkanes of at least 4 members (excludes halogenated alkanes) is 16. The molecule has 0 aliphatic rings. The topological polar surface area (TPSA) is 52.6 Å². The van der Waals surface area contributed by atoms with Crippen molar-refractivity contribution in [2.24, 2.45) is 0 Å². The van der Waals surface area contributed by atoms with E-state index in [0.29, 0.717) is 12.8 Å². The van der Waals surface area contributed by atoms with Crippen LogP contribution in [0.1, 0.15) is 175 Å². The molecule has 0 spiro atoms. The van der Waals surface area contributed by atoms with Crippen LogP contribution in [0.25, 0.3) is 0 Å². The van der Waals surface area contributed by atoms with Crippen LogP contribution in [0.3, 0.4) is 0 Å². The fraction of sp³-hybridized carbons (Fsp3) is 0.744. The highest BCUT2D eigenvalue weighted by atomic mass is 16.6. The predicted molar refractivity (Wildman–Crippen MR) is 185 cm³/mol. The third-order valence-electron chi connectivity index (χ3n) is 7.47. The van der Waals surface area contributed by atoms with Crippen LogP contribution in [0, 0.1) is 0 Å². The summed E-state index contributed by atoms with van der Waals surface area (Å²) in [6, 6.07) is 0. The minimum Gasteiger partial charge on any atom is -0.462 e. The maximum Gasteiger partial charge on any atom is 0.306 e. The highest BCUT2D eigenvalue weighted by Crippen LogP contribution is 2.11. The van der Waals surface area contributed by atoms with Gasteiger partial charge in [-0.15, -0.1) is 0 Å². The summed E-state index contributed by atoms with van der Waals surface area (Å²) in [7, 11) is 0. The Balaban J connectivity index is 3.52. The second kappa shape index (κ2) is 34.4. The van der Waals surface area contributed by atoms with Crippen molar-refractivity contribution in [2.45, 2.75) is 181 Å². The Morgan fingerprint density at radius 1 is 0.488 bits per heavy atom. The number of rotatable bonds is 31. The van der Waals surface area contributed by atoms with Crippen LogP contribution in [0.4, 0.5) is 0 Å². The zero-order valence-electron chi connectivity index (χ0n) is 28.5. The van der Waals surface area contributed by atoms with E-state index in [1.54, 1.807) is 6.92 Å². The fourth-order valence-corrected chi connectivity index (χ4v) is 4.76. The molecule has 0 fully saturated rings.